The number of carboxylic acid groups (broad SMARTS) is 1. The number of rotatable bonds is 4. The van der Waals surface area contributed by atoms with Crippen molar-refractivity contribution in [1.29, 1.82) is 0 Å². The van der Waals surface area contributed by atoms with Crippen molar-refractivity contribution >= 4 is 23.3 Å². The molecular weight excluding hydrogens is 250 g/mol. The molecule has 92 valence electrons. The summed E-state index contributed by atoms with van der Waals surface area (Å²) < 4.78 is 5.20. The number of halogens is 1. The van der Waals surface area contributed by atoms with Crippen LogP contribution in [0.25, 0.3) is 0 Å². The third-order valence-electron chi connectivity index (χ3n) is 1.84. The van der Waals surface area contributed by atoms with Crippen molar-refractivity contribution in [3.8, 4) is 5.75 Å². The molecule has 0 aliphatic carbocycles. The maximum absolute atomic E-state index is 10.8. The highest BCUT2D eigenvalue weighted by molar-refractivity contribution is 6.33. The third kappa shape index (κ3) is 3.07. The fourth-order valence-electron chi connectivity index (χ4n) is 1.20. The molecule has 1 aromatic rings. The number of carbonyl (C=O) groups is 1. The lowest BCUT2D eigenvalue weighted by Crippen LogP contribution is -2.09. The van der Waals surface area contributed by atoms with Crippen molar-refractivity contribution in [3.05, 3.63) is 32.8 Å². The van der Waals surface area contributed by atoms with Crippen LogP contribution >= 0.6 is 11.6 Å². The minimum absolute atomic E-state index is 0.0417. The van der Waals surface area contributed by atoms with Gasteiger partial charge in [-0.05, 0) is 13.8 Å². The smallest absolute Gasteiger partial charge is 0.337 e. The lowest BCUT2D eigenvalue weighted by molar-refractivity contribution is -0.386. The Balaban J connectivity index is 3.35. The molecule has 0 saturated heterocycles. The van der Waals surface area contributed by atoms with Crippen LogP contribution in [0, 0.1) is 10.1 Å². The molecule has 0 aliphatic heterocycles. The summed E-state index contributed by atoms with van der Waals surface area (Å²) in [6, 6.07) is 2.03. The Labute approximate surface area is 102 Å². The highest BCUT2D eigenvalue weighted by Gasteiger charge is 2.22. The van der Waals surface area contributed by atoms with E-state index in [0.29, 0.717) is 0 Å². The van der Waals surface area contributed by atoms with Gasteiger partial charge in [0.15, 0.2) is 5.75 Å². The van der Waals surface area contributed by atoms with Gasteiger partial charge < -0.3 is 9.84 Å². The molecule has 7 heteroatoms. The predicted molar refractivity (Wildman–Crippen MR) is 60.8 cm³/mol. The minimum Gasteiger partial charge on any atom is -0.484 e. The van der Waals surface area contributed by atoms with Gasteiger partial charge in [0.05, 0.1) is 21.6 Å². The molecule has 1 aromatic carbocycles. The molecule has 1 rings (SSSR count). The van der Waals surface area contributed by atoms with Crippen LogP contribution in [0.15, 0.2) is 12.1 Å². The zero-order chi connectivity index (χ0) is 13.2. The number of benzene rings is 1. The van der Waals surface area contributed by atoms with Crippen molar-refractivity contribution in [2.24, 2.45) is 0 Å². The molecule has 0 aromatic heterocycles. The molecule has 17 heavy (non-hydrogen) atoms. The van der Waals surface area contributed by atoms with E-state index in [0.717, 1.165) is 12.1 Å². The Kier molecular flexibility index (Phi) is 3.90. The number of hydrogen-bond acceptors (Lipinski definition) is 4. The van der Waals surface area contributed by atoms with Crippen LogP contribution in [0.1, 0.15) is 24.2 Å². The van der Waals surface area contributed by atoms with Crippen molar-refractivity contribution in [2.75, 3.05) is 0 Å². The highest BCUT2D eigenvalue weighted by Crippen LogP contribution is 2.33. The Morgan fingerprint density at radius 3 is 2.53 bits per heavy atom. The normalized spacial score (nSPS) is 10.4. The first-order chi connectivity index (χ1) is 7.82. The van der Waals surface area contributed by atoms with Gasteiger partial charge in [-0.2, -0.15) is 0 Å². The molecule has 0 unspecified atom stereocenters. The van der Waals surface area contributed by atoms with Gasteiger partial charge in [-0.15, -0.1) is 0 Å². The zero-order valence-electron chi connectivity index (χ0n) is 9.14. The van der Waals surface area contributed by atoms with E-state index in [2.05, 4.69) is 0 Å². The third-order valence-corrected chi connectivity index (χ3v) is 2.15. The summed E-state index contributed by atoms with van der Waals surface area (Å²) in [5.41, 5.74) is -0.741. The number of nitrogens with zero attached hydrogens (tertiary/aromatic N) is 1. The van der Waals surface area contributed by atoms with Crippen LogP contribution in [-0.2, 0) is 0 Å². The van der Waals surface area contributed by atoms with Crippen LogP contribution < -0.4 is 4.74 Å². The molecule has 0 radical (unpaired) electrons. The molecular formula is C10H10ClNO5. The summed E-state index contributed by atoms with van der Waals surface area (Å²) in [5.74, 6) is -1.37. The van der Waals surface area contributed by atoms with Crippen LogP contribution in [0.3, 0.4) is 0 Å². The van der Waals surface area contributed by atoms with E-state index in [1.54, 1.807) is 13.8 Å². The van der Waals surface area contributed by atoms with Crippen LogP contribution in [-0.4, -0.2) is 22.1 Å². The number of nitro benzene ring substituents is 1. The van der Waals surface area contributed by atoms with Gasteiger partial charge in [0.25, 0.3) is 0 Å². The number of aromatic carboxylic acids is 1. The largest absolute Gasteiger partial charge is 0.484 e. The second-order valence-corrected chi connectivity index (χ2v) is 3.94. The zero-order valence-corrected chi connectivity index (χ0v) is 9.89. The maximum atomic E-state index is 10.8. The summed E-state index contributed by atoms with van der Waals surface area (Å²) in [5, 5.41) is 19.5. The molecule has 0 heterocycles. The van der Waals surface area contributed by atoms with Gasteiger partial charge in [0.2, 0.25) is 0 Å². The van der Waals surface area contributed by atoms with Crippen LogP contribution in [0.2, 0.25) is 5.02 Å². The summed E-state index contributed by atoms with van der Waals surface area (Å²) in [6.45, 7) is 3.39. The number of hydrogen-bond donors (Lipinski definition) is 1. The Bertz CT molecular complexity index is 472. The van der Waals surface area contributed by atoms with Gasteiger partial charge >= 0.3 is 11.7 Å². The average molecular weight is 260 g/mol. The van der Waals surface area contributed by atoms with Crippen molar-refractivity contribution in [1.82, 2.24) is 0 Å². The molecule has 0 saturated carbocycles. The molecule has 0 fully saturated rings. The molecule has 0 bridgehead atoms. The van der Waals surface area contributed by atoms with E-state index in [-0.39, 0.29) is 22.4 Å². The van der Waals surface area contributed by atoms with E-state index in [1.165, 1.54) is 0 Å². The quantitative estimate of drug-likeness (QED) is 0.663. The molecule has 6 nitrogen and oxygen atoms in total. The first kappa shape index (κ1) is 13.2. The van der Waals surface area contributed by atoms with E-state index < -0.39 is 16.6 Å². The second-order valence-electron chi connectivity index (χ2n) is 3.53. The molecule has 0 aliphatic rings. The Morgan fingerprint density at radius 2 is 2.12 bits per heavy atom. The predicted octanol–water partition coefficient (Wildman–Crippen LogP) is 2.73. The average Bonchev–Trinajstić information content (AvgIpc) is 2.15. The van der Waals surface area contributed by atoms with Crippen LogP contribution in [0.5, 0.6) is 5.75 Å². The van der Waals surface area contributed by atoms with Gasteiger partial charge in [-0.3, -0.25) is 10.1 Å². The summed E-state index contributed by atoms with van der Waals surface area (Å²) in [4.78, 5) is 20.9. The molecule has 0 amide bonds. The lowest BCUT2D eigenvalue weighted by atomic mass is 10.2. The highest BCUT2D eigenvalue weighted by atomic mass is 35.5. The SMILES string of the molecule is CC(C)Oc1cc(Cl)c(C(=O)O)cc1[N+](=O)[O-]. The van der Waals surface area contributed by atoms with Gasteiger partial charge in [-0.1, -0.05) is 11.6 Å². The first-order valence-electron chi connectivity index (χ1n) is 4.70. The molecule has 0 spiro atoms. The van der Waals surface area contributed by atoms with Crippen molar-refractivity contribution in [3.63, 3.8) is 0 Å². The number of carboxylic acids is 1. The second kappa shape index (κ2) is 5.01. The van der Waals surface area contributed by atoms with E-state index in [9.17, 15) is 14.9 Å². The summed E-state index contributed by atoms with van der Waals surface area (Å²) in [6.07, 6.45) is -0.277. The Morgan fingerprint density at radius 1 is 1.53 bits per heavy atom. The van der Waals surface area contributed by atoms with Gasteiger partial charge in [-0.25, -0.2) is 4.79 Å². The van der Waals surface area contributed by atoms with Crippen molar-refractivity contribution < 1.29 is 19.6 Å². The molecule has 0 atom stereocenters. The number of ether oxygens (including phenoxy) is 1. The topological polar surface area (TPSA) is 89.7 Å². The van der Waals surface area contributed by atoms with E-state index in [4.69, 9.17) is 21.4 Å². The van der Waals surface area contributed by atoms with E-state index >= 15 is 0 Å². The monoisotopic (exact) mass is 259 g/mol. The van der Waals surface area contributed by atoms with Gasteiger partial charge in [0.1, 0.15) is 0 Å². The van der Waals surface area contributed by atoms with Crippen LogP contribution in [0.4, 0.5) is 5.69 Å². The summed E-state index contributed by atoms with van der Waals surface area (Å²) in [7, 11) is 0. The van der Waals surface area contributed by atoms with E-state index in [1.807, 2.05) is 0 Å². The van der Waals surface area contributed by atoms with Crippen molar-refractivity contribution in [2.45, 2.75) is 20.0 Å². The minimum atomic E-state index is -1.32. The fourth-order valence-corrected chi connectivity index (χ4v) is 1.43. The Hall–Kier alpha value is -1.82. The lowest BCUT2D eigenvalue weighted by Gasteiger charge is -2.11. The fraction of sp³-hybridized carbons (Fsp3) is 0.300. The number of nitro groups is 1. The summed E-state index contributed by atoms with van der Waals surface area (Å²) >= 11 is 5.70. The molecule has 1 N–H and O–H groups in total. The maximum Gasteiger partial charge on any atom is 0.337 e. The first-order valence-corrected chi connectivity index (χ1v) is 5.08. The standard InChI is InChI=1S/C10H10ClNO5/c1-5(2)17-9-4-7(11)6(10(13)14)3-8(9)12(15)16/h3-5H,1-2H3,(H,13,14). The van der Waals surface area contributed by atoms with Gasteiger partial charge in [0, 0.05) is 12.1 Å².